The van der Waals surface area contributed by atoms with Crippen molar-refractivity contribution in [1.29, 1.82) is 0 Å². The van der Waals surface area contributed by atoms with Crippen LogP contribution in [0.5, 0.6) is 0 Å². The van der Waals surface area contributed by atoms with Crippen molar-refractivity contribution in [2.75, 3.05) is 5.32 Å². The number of hydrogen-bond donors (Lipinski definition) is 2. The largest absolute Gasteiger partial charge is 0.351 e. The highest BCUT2D eigenvalue weighted by Gasteiger charge is 2.36. The molecule has 0 aliphatic heterocycles. The van der Waals surface area contributed by atoms with Crippen LogP contribution in [-0.2, 0) is 16.1 Å². The molecule has 138 valence electrons. The summed E-state index contributed by atoms with van der Waals surface area (Å²) >= 11 is 0. The molecule has 0 atom stereocenters. The highest BCUT2D eigenvalue weighted by molar-refractivity contribution is 6.12. The number of hydrogen-bond acceptors (Lipinski definition) is 3. The summed E-state index contributed by atoms with van der Waals surface area (Å²) in [5.41, 5.74) is 0.201. The van der Waals surface area contributed by atoms with Crippen LogP contribution in [0.1, 0.15) is 19.4 Å². The van der Waals surface area contributed by atoms with Gasteiger partial charge in [0.1, 0.15) is 11.2 Å². The lowest BCUT2D eigenvalue weighted by molar-refractivity contribution is -0.138. The van der Waals surface area contributed by atoms with E-state index < -0.39 is 23.0 Å². The van der Waals surface area contributed by atoms with Crippen molar-refractivity contribution in [3.05, 3.63) is 72.2 Å². The number of pyridine rings is 1. The molecule has 2 aromatic carbocycles. The van der Waals surface area contributed by atoms with Crippen LogP contribution in [0.2, 0.25) is 0 Å². The Balaban J connectivity index is 1.72. The van der Waals surface area contributed by atoms with Gasteiger partial charge in [0.15, 0.2) is 0 Å². The fourth-order valence-corrected chi connectivity index (χ4v) is 2.62. The Labute approximate surface area is 156 Å². The molecular weight excluding hydrogens is 345 g/mol. The van der Waals surface area contributed by atoms with Crippen molar-refractivity contribution in [2.24, 2.45) is 5.41 Å². The van der Waals surface area contributed by atoms with E-state index in [4.69, 9.17) is 0 Å². The van der Waals surface area contributed by atoms with Crippen molar-refractivity contribution in [3.8, 4) is 0 Å². The third-order valence-electron chi connectivity index (χ3n) is 4.41. The molecule has 6 heteroatoms. The minimum atomic E-state index is -1.35. The number of nitrogens with one attached hydrogen (secondary N) is 2. The Morgan fingerprint density at radius 2 is 1.74 bits per heavy atom. The van der Waals surface area contributed by atoms with E-state index in [1.165, 1.54) is 19.9 Å². The number of anilines is 1. The molecule has 1 heterocycles. The molecule has 3 aromatic rings. The molecule has 1 aromatic heterocycles. The van der Waals surface area contributed by atoms with E-state index in [9.17, 15) is 14.0 Å². The van der Waals surface area contributed by atoms with Gasteiger partial charge in [-0.15, -0.1) is 0 Å². The summed E-state index contributed by atoms with van der Waals surface area (Å²) < 4.78 is 13.7. The smallest absolute Gasteiger partial charge is 0.239 e. The predicted octanol–water partition coefficient (Wildman–Crippen LogP) is 3.66. The van der Waals surface area contributed by atoms with Gasteiger partial charge in [-0.2, -0.15) is 0 Å². The maximum absolute atomic E-state index is 13.7. The van der Waals surface area contributed by atoms with E-state index in [1.54, 1.807) is 30.5 Å². The second kappa shape index (κ2) is 7.53. The van der Waals surface area contributed by atoms with Gasteiger partial charge in [0.2, 0.25) is 11.8 Å². The van der Waals surface area contributed by atoms with Gasteiger partial charge in [-0.25, -0.2) is 4.39 Å². The highest BCUT2D eigenvalue weighted by Crippen LogP contribution is 2.24. The Hall–Kier alpha value is -3.28. The Bertz CT molecular complexity index is 996. The molecule has 0 fully saturated rings. The lowest BCUT2D eigenvalue weighted by Gasteiger charge is -2.23. The topological polar surface area (TPSA) is 71.1 Å². The summed E-state index contributed by atoms with van der Waals surface area (Å²) in [5, 5.41) is 6.29. The number of amides is 2. The number of carbonyl (C=O) groups excluding carboxylic acids is 2. The molecule has 2 N–H and O–H groups in total. The Morgan fingerprint density at radius 3 is 2.52 bits per heavy atom. The molecule has 0 spiro atoms. The Morgan fingerprint density at radius 1 is 1.00 bits per heavy atom. The molecule has 2 amide bonds. The lowest BCUT2D eigenvalue weighted by atomic mass is 9.90. The Kier molecular flexibility index (Phi) is 5.16. The molecule has 0 unspecified atom stereocenters. The second-order valence-corrected chi connectivity index (χ2v) is 6.73. The summed E-state index contributed by atoms with van der Waals surface area (Å²) in [6.07, 6.45) is 1.64. The quantitative estimate of drug-likeness (QED) is 0.678. The molecule has 5 nitrogen and oxygen atoms in total. The monoisotopic (exact) mass is 365 g/mol. The van der Waals surface area contributed by atoms with Gasteiger partial charge in [0.25, 0.3) is 0 Å². The SMILES string of the molecule is CC(C)(C(=O)NCc1ccccc1F)C(=O)Nc1cccc2cccnc12. The van der Waals surface area contributed by atoms with Crippen LogP contribution in [-0.4, -0.2) is 16.8 Å². The summed E-state index contributed by atoms with van der Waals surface area (Å²) in [6, 6.07) is 15.3. The van der Waals surface area contributed by atoms with Gasteiger partial charge in [0.05, 0.1) is 11.2 Å². The molecule has 0 bridgehead atoms. The van der Waals surface area contributed by atoms with Crippen LogP contribution in [0.15, 0.2) is 60.8 Å². The normalized spacial score (nSPS) is 11.2. The van der Waals surface area contributed by atoms with E-state index in [-0.39, 0.29) is 6.54 Å². The molecule has 0 aliphatic rings. The van der Waals surface area contributed by atoms with Crippen LogP contribution in [0.3, 0.4) is 0 Å². The van der Waals surface area contributed by atoms with Crippen LogP contribution in [0, 0.1) is 11.2 Å². The van der Waals surface area contributed by atoms with Crippen LogP contribution < -0.4 is 10.6 Å². The number of aromatic nitrogens is 1. The van der Waals surface area contributed by atoms with Gasteiger partial charge < -0.3 is 10.6 Å². The molecule has 3 rings (SSSR count). The maximum atomic E-state index is 13.7. The van der Waals surface area contributed by atoms with Crippen molar-refractivity contribution >= 4 is 28.4 Å². The number of carbonyl (C=O) groups is 2. The average molecular weight is 365 g/mol. The molecule has 0 aliphatic carbocycles. The molecule has 27 heavy (non-hydrogen) atoms. The van der Waals surface area contributed by atoms with Crippen molar-refractivity contribution in [2.45, 2.75) is 20.4 Å². The van der Waals surface area contributed by atoms with Gasteiger partial charge in [-0.05, 0) is 32.0 Å². The zero-order chi connectivity index (χ0) is 19.4. The van der Waals surface area contributed by atoms with Crippen LogP contribution in [0.4, 0.5) is 10.1 Å². The standard InChI is InChI=1S/C21H20FN3O2/c1-21(2,19(26)24-13-15-7-3-4-10-16(15)22)20(27)25-17-11-5-8-14-9-6-12-23-18(14)17/h3-12H,13H2,1-2H3,(H,24,26)(H,25,27). The fourth-order valence-electron chi connectivity index (χ4n) is 2.62. The number of benzene rings is 2. The highest BCUT2D eigenvalue weighted by atomic mass is 19.1. The first-order valence-corrected chi connectivity index (χ1v) is 8.56. The minimum absolute atomic E-state index is 0.0119. The molecular formula is C21H20FN3O2. The summed E-state index contributed by atoms with van der Waals surface area (Å²) in [7, 11) is 0. The number of fused-ring (bicyclic) bond motifs is 1. The molecule has 0 saturated carbocycles. The van der Waals surface area contributed by atoms with E-state index in [0.717, 1.165) is 5.39 Å². The third-order valence-corrected chi connectivity index (χ3v) is 4.41. The first-order chi connectivity index (χ1) is 12.9. The minimum Gasteiger partial charge on any atom is -0.351 e. The van der Waals surface area contributed by atoms with Crippen molar-refractivity contribution in [1.82, 2.24) is 10.3 Å². The maximum Gasteiger partial charge on any atom is 0.239 e. The third kappa shape index (κ3) is 3.95. The number of para-hydroxylation sites is 1. The number of nitrogens with zero attached hydrogens (tertiary/aromatic N) is 1. The van der Waals surface area contributed by atoms with Crippen LogP contribution >= 0.6 is 0 Å². The van der Waals surface area contributed by atoms with Crippen molar-refractivity contribution in [3.63, 3.8) is 0 Å². The van der Waals surface area contributed by atoms with E-state index in [1.807, 2.05) is 24.3 Å². The summed E-state index contributed by atoms with van der Waals surface area (Å²) in [4.78, 5) is 29.5. The summed E-state index contributed by atoms with van der Waals surface area (Å²) in [5.74, 6) is -1.36. The zero-order valence-corrected chi connectivity index (χ0v) is 15.1. The van der Waals surface area contributed by atoms with E-state index >= 15 is 0 Å². The first kappa shape index (κ1) is 18.5. The summed E-state index contributed by atoms with van der Waals surface area (Å²) in [6.45, 7) is 3.06. The average Bonchev–Trinajstić information content (AvgIpc) is 2.67. The fraction of sp³-hybridized carbons (Fsp3) is 0.190. The second-order valence-electron chi connectivity index (χ2n) is 6.73. The first-order valence-electron chi connectivity index (χ1n) is 8.56. The van der Waals surface area contributed by atoms with Gasteiger partial charge in [0, 0.05) is 23.7 Å². The van der Waals surface area contributed by atoms with E-state index in [2.05, 4.69) is 15.6 Å². The number of halogens is 1. The lowest BCUT2D eigenvalue weighted by Crippen LogP contribution is -2.45. The van der Waals surface area contributed by atoms with E-state index in [0.29, 0.717) is 16.8 Å². The molecule has 0 saturated heterocycles. The predicted molar refractivity (Wildman–Crippen MR) is 102 cm³/mol. The molecule has 0 radical (unpaired) electrons. The number of rotatable bonds is 5. The van der Waals surface area contributed by atoms with Crippen molar-refractivity contribution < 1.29 is 14.0 Å². The van der Waals surface area contributed by atoms with Crippen LogP contribution in [0.25, 0.3) is 10.9 Å². The zero-order valence-electron chi connectivity index (χ0n) is 15.1. The van der Waals surface area contributed by atoms with Gasteiger partial charge in [-0.3, -0.25) is 14.6 Å². The van der Waals surface area contributed by atoms with Gasteiger partial charge >= 0.3 is 0 Å². The van der Waals surface area contributed by atoms with Gasteiger partial charge in [-0.1, -0.05) is 36.4 Å².